The number of allylic oxidation sites excluding steroid dienone is 1. The molecule has 0 saturated heterocycles. The molecule has 2 N–H and O–H groups in total. The summed E-state index contributed by atoms with van der Waals surface area (Å²) in [6.07, 6.45) is 2.89. The number of ketones is 1. The summed E-state index contributed by atoms with van der Waals surface area (Å²) in [7, 11) is 0. The average Bonchev–Trinajstić information content (AvgIpc) is 2.44. The first-order chi connectivity index (χ1) is 9.49. The van der Waals surface area contributed by atoms with Crippen molar-refractivity contribution in [1.82, 2.24) is 0 Å². The topological polar surface area (TPSA) is 43.1 Å². The minimum atomic E-state index is -0.729. The van der Waals surface area contributed by atoms with E-state index in [1.807, 2.05) is 0 Å². The van der Waals surface area contributed by atoms with Crippen molar-refractivity contribution in [1.29, 1.82) is 0 Å². The van der Waals surface area contributed by atoms with Crippen LogP contribution < -0.4 is 5.73 Å². The zero-order valence-corrected chi connectivity index (χ0v) is 12.6. The molecule has 0 heterocycles. The fraction of sp³-hybridized carbons (Fsp3) is 0. The second kappa shape index (κ2) is 6.20. The number of hydrogen-bond acceptors (Lipinski definition) is 2. The van der Waals surface area contributed by atoms with Crippen LogP contribution in [0.25, 0.3) is 6.08 Å². The number of benzene rings is 2. The Labute approximate surface area is 129 Å². The van der Waals surface area contributed by atoms with Crippen LogP contribution in [0.5, 0.6) is 0 Å². The first kappa shape index (κ1) is 14.8. The summed E-state index contributed by atoms with van der Waals surface area (Å²) in [5, 5.41) is -0.100. The number of nitrogen functional groups attached to an aromatic ring is 1. The van der Waals surface area contributed by atoms with E-state index in [0.29, 0.717) is 10.2 Å². The summed E-state index contributed by atoms with van der Waals surface area (Å²) in [4.78, 5) is 11.9. The average molecular weight is 355 g/mol. The molecular weight excluding hydrogens is 345 g/mol. The van der Waals surface area contributed by atoms with E-state index in [4.69, 9.17) is 17.3 Å². The Kier molecular flexibility index (Phi) is 4.57. The Morgan fingerprint density at radius 3 is 2.50 bits per heavy atom. The van der Waals surface area contributed by atoms with Gasteiger partial charge in [0.05, 0.1) is 10.6 Å². The van der Waals surface area contributed by atoms with Gasteiger partial charge in [0.2, 0.25) is 0 Å². The van der Waals surface area contributed by atoms with Gasteiger partial charge in [0.1, 0.15) is 0 Å². The van der Waals surface area contributed by atoms with Crippen LogP contribution in [0.3, 0.4) is 0 Å². The number of halogens is 3. The van der Waals surface area contributed by atoms with Crippen LogP contribution in [0.2, 0.25) is 5.02 Å². The predicted molar refractivity (Wildman–Crippen MR) is 83.3 cm³/mol. The third-order valence-corrected chi connectivity index (χ3v) is 3.92. The molecule has 0 aliphatic carbocycles. The Bertz CT molecular complexity index is 683. The highest BCUT2D eigenvalue weighted by Crippen LogP contribution is 2.28. The van der Waals surface area contributed by atoms with Crippen LogP contribution in [0, 0.1) is 5.82 Å². The number of rotatable bonds is 3. The molecule has 2 rings (SSSR count). The van der Waals surface area contributed by atoms with Crippen molar-refractivity contribution in [2.45, 2.75) is 0 Å². The molecule has 5 heteroatoms. The summed E-state index contributed by atoms with van der Waals surface area (Å²) < 4.78 is 14.3. The minimum absolute atomic E-state index is 0.0649. The van der Waals surface area contributed by atoms with Crippen LogP contribution in [-0.2, 0) is 0 Å². The van der Waals surface area contributed by atoms with Gasteiger partial charge in [-0.25, -0.2) is 4.39 Å². The molecule has 0 aromatic heterocycles. The fourth-order valence-electron chi connectivity index (χ4n) is 1.59. The quantitative estimate of drug-likeness (QED) is 0.375. The van der Waals surface area contributed by atoms with Crippen LogP contribution in [0.1, 0.15) is 15.9 Å². The molecule has 0 radical (unpaired) electrons. The van der Waals surface area contributed by atoms with Crippen molar-refractivity contribution < 1.29 is 9.18 Å². The lowest BCUT2D eigenvalue weighted by Gasteiger charge is -2.02. The zero-order chi connectivity index (χ0) is 14.7. The van der Waals surface area contributed by atoms with Gasteiger partial charge in [-0.05, 0) is 51.8 Å². The normalized spacial score (nSPS) is 10.9. The van der Waals surface area contributed by atoms with E-state index >= 15 is 0 Å². The SMILES string of the molecule is Nc1ccc(/C=C/C(=O)c2ccc(Br)c(Cl)c2F)cc1. The summed E-state index contributed by atoms with van der Waals surface area (Å²) in [6.45, 7) is 0. The van der Waals surface area contributed by atoms with Crippen LogP contribution in [0.4, 0.5) is 10.1 Å². The maximum Gasteiger partial charge on any atom is 0.188 e. The molecule has 2 aromatic rings. The molecule has 0 aliphatic heterocycles. The number of hydrogen-bond donors (Lipinski definition) is 1. The maximum atomic E-state index is 13.9. The summed E-state index contributed by atoms with van der Waals surface area (Å²) in [6, 6.07) is 9.91. The van der Waals surface area contributed by atoms with Gasteiger partial charge in [-0.1, -0.05) is 29.8 Å². The van der Waals surface area contributed by atoms with E-state index in [-0.39, 0.29) is 10.6 Å². The van der Waals surface area contributed by atoms with Gasteiger partial charge in [0.25, 0.3) is 0 Å². The largest absolute Gasteiger partial charge is 0.399 e. The lowest BCUT2D eigenvalue weighted by molar-refractivity contribution is 0.104. The smallest absolute Gasteiger partial charge is 0.188 e. The summed E-state index contributed by atoms with van der Waals surface area (Å²) in [5.74, 6) is -1.18. The Morgan fingerprint density at radius 1 is 1.20 bits per heavy atom. The lowest BCUT2D eigenvalue weighted by atomic mass is 10.1. The molecule has 0 saturated carbocycles. The van der Waals surface area contributed by atoms with Crippen molar-refractivity contribution in [2.75, 3.05) is 5.73 Å². The van der Waals surface area contributed by atoms with Crippen molar-refractivity contribution in [3.8, 4) is 0 Å². The van der Waals surface area contributed by atoms with Gasteiger partial charge in [0.15, 0.2) is 11.6 Å². The second-order valence-electron chi connectivity index (χ2n) is 4.09. The molecule has 20 heavy (non-hydrogen) atoms. The Hall–Kier alpha value is -1.65. The van der Waals surface area contributed by atoms with Gasteiger partial charge in [0, 0.05) is 10.2 Å². The minimum Gasteiger partial charge on any atom is -0.399 e. The monoisotopic (exact) mass is 353 g/mol. The van der Waals surface area contributed by atoms with E-state index in [1.165, 1.54) is 18.2 Å². The van der Waals surface area contributed by atoms with Crippen molar-refractivity contribution >= 4 is 45.1 Å². The van der Waals surface area contributed by atoms with Gasteiger partial charge in [-0.3, -0.25) is 4.79 Å². The molecule has 2 nitrogen and oxygen atoms in total. The number of anilines is 1. The third kappa shape index (κ3) is 3.26. The molecule has 0 aliphatic rings. The summed E-state index contributed by atoms with van der Waals surface area (Å²) >= 11 is 8.85. The van der Waals surface area contributed by atoms with E-state index < -0.39 is 11.6 Å². The highest BCUT2D eigenvalue weighted by atomic mass is 79.9. The van der Waals surface area contributed by atoms with Gasteiger partial charge in [-0.15, -0.1) is 0 Å². The molecule has 0 spiro atoms. The Morgan fingerprint density at radius 2 is 1.85 bits per heavy atom. The zero-order valence-electron chi connectivity index (χ0n) is 10.2. The van der Waals surface area contributed by atoms with Gasteiger partial charge >= 0.3 is 0 Å². The molecule has 0 fully saturated rings. The molecule has 102 valence electrons. The number of nitrogens with two attached hydrogens (primary N) is 1. The van der Waals surface area contributed by atoms with Crippen molar-refractivity contribution in [3.05, 3.63) is 68.9 Å². The van der Waals surface area contributed by atoms with E-state index in [1.54, 1.807) is 30.3 Å². The highest BCUT2D eigenvalue weighted by Gasteiger charge is 2.14. The summed E-state index contributed by atoms with van der Waals surface area (Å²) in [5.41, 5.74) is 6.94. The fourth-order valence-corrected chi connectivity index (χ4v) is 2.06. The van der Waals surface area contributed by atoms with E-state index in [9.17, 15) is 9.18 Å². The number of carbonyl (C=O) groups excluding carboxylic acids is 1. The first-order valence-electron chi connectivity index (χ1n) is 5.70. The molecule has 0 unspecified atom stereocenters. The first-order valence-corrected chi connectivity index (χ1v) is 6.87. The number of carbonyl (C=O) groups is 1. The van der Waals surface area contributed by atoms with E-state index in [0.717, 1.165) is 5.56 Å². The van der Waals surface area contributed by atoms with Gasteiger partial charge in [-0.2, -0.15) is 0 Å². The molecule has 0 amide bonds. The van der Waals surface area contributed by atoms with Crippen LogP contribution in [0.15, 0.2) is 46.9 Å². The van der Waals surface area contributed by atoms with Gasteiger partial charge < -0.3 is 5.73 Å². The highest BCUT2D eigenvalue weighted by molar-refractivity contribution is 9.10. The lowest BCUT2D eigenvalue weighted by Crippen LogP contribution is -1.99. The van der Waals surface area contributed by atoms with E-state index in [2.05, 4.69) is 15.9 Å². The second-order valence-corrected chi connectivity index (χ2v) is 5.32. The standard InChI is InChI=1S/C15H10BrClFNO/c16-12-7-6-11(15(18)14(12)17)13(20)8-3-9-1-4-10(19)5-2-9/h1-8H,19H2/b8-3+. The third-order valence-electron chi connectivity index (χ3n) is 2.66. The van der Waals surface area contributed by atoms with Crippen LogP contribution in [-0.4, -0.2) is 5.78 Å². The van der Waals surface area contributed by atoms with Crippen LogP contribution >= 0.6 is 27.5 Å². The Balaban J connectivity index is 2.24. The molecule has 0 atom stereocenters. The van der Waals surface area contributed by atoms with Crippen molar-refractivity contribution in [3.63, 3.8) is 0 Å². The predicted octanol–water partition coefficient (Wildman–Crippen LogP) is 4.72. The molecule has 2 aromatic carbocycles. The van der Waals surface area contributed by atoms with Crippen molar-refractivity contribution in [2.24, 2.45) is 0 Å². The molecule has 0 bridgehead atoms. The maximum absolute atomic E-state index is 13.9. The molecular formula is C15H10BrClFNO.